The second-order valence-electron chi connectivity index (χ2n) is 4.05. The molecule has 3 N–H and O–H groups in total. The van der Waals surface area contributed by atoms with Crippen LogP contribution in [0.1, 0.15) is 5.69 Å². The number of alkyl halides is 2. The van der Waals surface area contributed by atoms with E-state index in [0.717, 1.165) is 0 Å². The molecule has 0 amide bonds. The van der Waals surface area contributed by atoms with Crippen molar-refractivity contribution in [3.8, 4) is 17.1 Å². The summed E-state index contributed by atoms with van der Waals surface area (Å²) in [7, 11) is 1.55. The Bertz CT molecular complexity index is 593. The number of hydrogen-bond donors (Lipinski definition) is 2. The lowest BCUT2D eigenvalue weighted by Gasteiger charge is -2.08. The van der Waals surface area contributed by atoms with Gasteiger partial charge in [0.05, 0.1) is 12.3 Å². The maximum atomic E-state index is 12.1. The molecule has 0 bridgehead atoms. The maximum absolute atomic E-state index is 12.1. The zero-order valence-electron chi connectivity index (χ0n) is 11.2. The first-order valence-electron chi connectivity index (χ1n) is 6.01. The minimum Gasteiger partial charge on any atom is -0.435 e. The van der Waals surface area contributed by atoms with Crippen molar-refractivity contribution in [3.63, 3.8) is 0 Å². The first-order valence-corrected chi connectivity index (χ1v) is 6.01. The second kappa shape index (κ2) is 6.91. The summed E-state index contributed by atoms with van der Waals surface area (Å²) < 4.78 is 33.5. The fraction of sp³-hybridized carbons (Fsp3) is 0.231. The van der Waals surface area contributed by atoms with Crippen LogP contribution in [0, 0.1) is 0 Å². The van der Waals surface area contributed by atoms with Crippen molar-refractivity contribution in [2.75, 3.05) is 12.5 Å². The summed E-state index contributed by atoms with van der Waals surface area (Å²) >= 11 is 0. The zero-order chi connectivity index (χ0) is 15.2. The van der Waals surface area contributed by atoms with Crippen molar-refractivity contribution in [1.82, 2.24) is 9.97 Å². The van der Waals surface area contributed by atoms with E-state index in [1.165, 1.54) is 12.1 Å². The number of methoxy groups -OCH3 is 1. The Hall–Kier alpha value is -2.32. The minimum absolute atomic E-state index is 0.0685. The lowest BCUT2D eigenvalue weighted by atomic mass is 10.2. The van der Waals surface area contributed by atoms with Gasteiger partial charge < -0.3 is 14.9 Å². The number of halogens is 2. The predicted molar refractivity (Wildman–Crippen MR) is 72.6 cm³/mol. The van der Waals surface area contributed by atoms with Crippen LogP contribution in [0.4, 0.5) is 14.6 Å². The van der Waals surface area contributed by atoms with Crippen LogP contribution in [0.15, 0.2) is 30.3 Å². The molecule has 0 fully saturated rings. The topological polar surface area (TPSA) is 82.3 Å². The quantitative estimate of drug-likeness (QED) is 0.628. The summed E-state index contributed by atoms with van der Waals surface area (Å²) in [5.41, 5.74) is 3.73. The van der Waals surface area contributed by atoms with E-state index >= 15 is 0 Å². The number of benzene rings is 1. The Morgan fingerprint density at radius 2 is 1.95 bits per heavy atom. The summed E-state index contributed by atoms with van der Waals surface area (Å²) in [5.74, 6) is 6.26. The van der Waals surface area contributed by atoms with Gasteiger partial charge in [-0.15, -0.1) is 0 Å². The fourth-order valence-electron chi connectivity index (χ4n) is 1.71. The molecule has 6 nitrogen and oxygen atoms in total. The van der Waals surface area contributed by atoms with Crippen LogP contribution in [0.25, 0.3) is 11.4 Å². The molecule has 112 valence electrons. The highest BCUT2D eigenvalue weighted by atomic mass is 19.3. The van der Waals surface area contributed by atoms with Gasteiger partial charge in [0.15, 0.2) is 5.82 Å². The normalized spacial score (nSPS) is 10.7. The molecule has 0 aliphatic heterocycles. The Morgan fingerprint density at radius 1 is 1.24 bits per heavy atom. The first kappa shape index (κ1) is 15.1. The minimum atomic E-state index is -2.86. The SMILES string of the molecule is COCc1cc(NN)nc(-c2ccc(OC(F)F)cc2)n1. The van der Waals surface area contributed by atoms with Crippen molar-refractivity contribution >= 4 is 5.82 Å². The number of ether oxygens (including phenoxy) is 2. The molecule has 0 aliphatic carbocycles. The molecule has 0 saturated carbocycles. The molecular weight excluding hydrogens is 282 g/mol. The summed E-state index contributed by atoms with van der Waals surface area (Å²) in [6, 6.07) is 7.67. The summed E-state index contributed by atoms with van der Waals surface area (Å²) in [5, 5.41) is 0. The number of nitrogens with one attached hydrogen (secondary N) is 1. The van der Waals surface area contributed by atoms with Crippen LogP contribution in [0.5, 0.6) is 5.75 Å². The Kier molecular flexibility index (Phi) is 4.96. The first-order chi connectivity index (χ1) is 10.1. The third-order valence-corrected chi connectivity index (χ3v) is 2.56. The van der Waals surface area contributed by atoms with Gasteiger partial charge in [0, 0.05) is 18.7 Å². The third-order valence-electron chi connectivity index (χ3n) is 2.56. The van der Waals surface area contributed by atoms with Gasteiger partial charge in [-0.3, -0.25) is 0 Å². The molecule has 0 saturated heterocycles. The zero-order valence-corrected chi connectivity index (χ0v) is 11.2. The smallest absolute Gasteiger partial charge is 0.387 e. The van der Waals surface area contributed by atoms with Gasteiger partial charge in [-0.25, -0.2) is 15.8 Å². The Balaban J connectivity index is 2.29. The van der Waals surface area contributed by atoms with E-state index in [1.807, 2.05) is 0 Å². The number of nitrogens with zero attached hydrogens (tertiary/aromatic N) is 2. The molecule has 1 aromatic carbocycles. The van der Waals surface area contributed by atoms with Crippen molar-refractivity contribution in [2.24, 2.45) is 5.84 Å². The average molecular weight is 296 g/mol. The molecule has 2 aromatic rings. The lowest BCUT2D eigenvalue weighted by molar-refractivity contribution is -0.0498. The van der Waals surface area contributed by atoms with E-state index < -0.39 is 6.61 Å². The summed E-state index contributed by atoms with van der Waals surface area (Å²) in [4.78, 5) is 8.51. The van der Waals surface area contributed by atoms with Crippen LogP contribution < -0.4 is 16.0 Å². The van der Waals surface area contributed by atoms with Crippen molar-refractivity contribution < 1.29 is 18.3 Å². The monoisotopic (exact) mass is 296 g/mol. The van der Waals surface area contributed by atoms with Gasteiger partial charge in [-0.2, -0.15) is 8.78 Å². The van der Waals surface area contributed by atoms with E-state index in [2.05, 4.69) is 20.1 Å². The molecule has 0 radical (unpaired) electrons. The van der Waals surface area contributed by atoms with E-state index in [1.54, 1.807) is 25.3 Å². The average Bonchev–Trinajstić information content (AvgIpc) is 2.47. The molecule has 1 aromatic heterocycles. The van der Waals surface area contributed by atoms with Crippen LogP contribution in [0.3, 0.4) is 0 Å². The molecule has 1 heterocycles. The highest BCUT2D eigenvalue weighted by Gasteiger charge is 2.08. The van der Waals surface area contributed by atoms with E-state index in [9.17, 15) is 8.78 Å². The molecular formula is C13H14F2N4O2. The van der Waals surface area contributed by atoms with E-state index in [-0.39, 0.29) is 5.75 Å². The van der Waals surface area contributed by atoms with Crippen LogP contribution in [-0.2, 0) is 11.3 Å². The van der Waals surface area contributed by atoms with Gasteiger partial charge in [-0.05, 0) is 24.3 Å². The number of aromatic nitrogens is 2. The van der Waals surface area contributed by atoms with Crippen LogP contribution in [-0.4, -0.2) is 23.7 Å². The third kappa shape index (κ3) is 4.07. The fourth-order valence-corrected chi connectivity index (χ4v) is 1.71. The van der Waals surface area contributed by atoms with Gasteiger partial charge in [0.1, 0.15) is 11.6 Å². The van der Waals surface area contributed by atoms with Crippen LogP contribution in [0.2, 0.25) is 0 Å². The van der Waals surface area contributed by atoms with Gasteiger partial charge in [0.25, 0.3) is 0 Å². The number of rotatable bonds is 6. The van der Waals surface area contributed by atoms with E-state index in [4.69, 9.17) is 10.6 Å². The second-order valence-corrected chi connectivity index (χ2v) is 4.05. The molecule has 2 rings (SSSR count). The largest absolute Gasteiger partial charge is 0.435 e. The molecule has 0 aliphatic rings. The lowest BCUT2D eigenvalue weighted by Crippen LogP contribution is -2.11. The van der Waals surface area contributed by atoms with Gasteiger partial charge in [0.2, 0.25) is 0 Å². The molecule has 0 atom stereocenters. The Labute approximate surface area is 119 Å². The van der Waals surface area contributed by atoms with Gasteiger partial charge >= 0.3 is 6.61 Å². The predicted octanol–water partition coefficient (Wildman–Crippen LogP) is 2.18. The number of hydrazine groups is 1. The number of hydrogen-bond acceptors (Lipinski definition) is 6. The maximum Gasteiger partial charge on any atom is 0.387 e. The standard InChI is InChI=1S/C13H14F2N4O2/c1-20-7-9-6-11(19-16)18-12(17-9)8-2-4-10(5-3-8)21-13(14)15/h2-6,13H,7,16H2,1H3,(H,17,18,19). The highest BCUT2D eigenvalue weighted by molar-refractivity contribution is 5.58. The molecule has 0 spiro atoms. The van der Waals surface area contributed by atoms with Crippen molar-refractivity contribution in [2.45, 2.75) is 13.2 Å². The highest BCUT2D eigenvalue weighted by Crippen LogP contribution is 2.22. The van der Waals surface area contributed by atoms with E-state index in [0.29, 0.717) is 29.5 Å². The number of nitrogen functional groups attached to an aromatic ring is 1. The summed E-state index contributed by atoms with van der Waals surface area (Å²) in [6.07, 6.45) is 0. The Morgan fingerprint density at radius 3 is 2.52 bits per heavy atom. The van der Waals surface area contributed by atoms with Gasteiger partial charge in [-0.1, -0.05) is 0 Å². The molecule has 8 heteroatoms. The number of nitrogens with two attached hydrogens (primary N) is 1. The van der Waals surface area contributed by atoms with Crippen molar-refractivity contribution in [1.29, 1.82) is 0 Å². The number of anilines is 1. The molecule has 0 unspecified atom stereocenters. The van der Waals surface area contributed by atoms with Crippen LogP contribution >= 0.6 is 0 Å². The van der Waals surface area contributed by atoms with Crippen molar-refractivity contribution in [3.05, 3.63) is 36.0 Å². The molecule has 21 heavy (non-hydrogen) atoms. The summed E-state index contributed by atoms with van der Waals surface area (Å²) in [6.45, 7) is -2.55.